The van der Waals surface area contributed by atoms with Crippen molar-refractivity contribution in [3.05, 3.63) is 28.5 Å². The molecule has 0 aliphatic heterocycles. The van der Waals surface area contributed by atoms with Gasteiger partial charge in [-0.25, -0.2) is 4.39 Å². The molecule has 1 atom stereocenters. The Morgan fingerprint density at radius 1 is 1.44 bits per heavy atom. The standard InChI is InChI=1S/C11H12BrFN2O3/c1-6(5-16)14-10(17)11(18)15-7-2-3-9(13)8(12)4-7/h2-4,6,16H,5H2,1H3,(H,14,17)(H,15,18). The Labute approximate surface area is 112 Å². The minimum atomic E-state index is -0.881. The third-order valence-electron chi connectivity index (χ3n) is 2.04. The van der Waals surface area contributed by atoms with Gasteiger partial charge in [0.1, 0.15) is 5.82 Å². The molecule has 1 aromatic rings. The first-order valence-corrected chi connectivity index (χ1v) is 5.91. The van der Waals surface area contributed by atoms with Gasteiger partial charge in [0.2, 0.25) is 0 Å². The summed E-state index contributed by atoms with van der Waals surface area (Å²) in [5.74, 6) is -2.21. The molecule has 2 amide bonds. The number of amides is 2. The lowest BCUT2D eigenvalue weighted by Crippen LogP contribution is -2.42. The highest BCUT2D eigenvalue weighted by Crippen LogP contribution is 2.19. The second kappa shape index (κ2) is 6.46. The number of hydrogen-bond donors (Lipinski definition) is 3. The third kappa shape index (κ3) is 4.08. The molecular weight excluding hydrogens is 307 g/mol. The van der Waals surface area contributed by atoms with Crippen molar-refractivity contribution in [2.75, 3.05) is 11.9 Å². The van der Waals surface area contributed by atoms with Crippen molar-refractivity contribution in [3.63, 3.8) is 0 Å². The number of nitrogens with one attached hydrogen (secondary N) is 2. The molecule has 18 heavy (non-hydrogen) atoms. The minimum absolute atomic E-state index is 0.185. The highest BCUT2D eigenvalue weighted by molar-refractivity contribution is 9.10. The molecule has 1 aromatic carbocycles. The van der Waals surface area contributed by atoms with E-state index in [-0.39, 0.29) is 11.1 Å². The molecule has 0 heterocycles. The molecular formula is C11H12BrFN2O3. The van der Waals surface area contributed by atoms with Crippen LogP contribution in [0.15, 0.2) is 22.7 Å². The van der Waals surface area contributed by atoms with Gasteiger partial charge in [-0.2, -0.15) is 0 Å². The van der Waals surface area contributed by atoms with E-state index in [2.05, 4.69) is 26.6 Å². The maximum Gasteiger partial charge on any atom is 0.313 e. The number of hydrogen-bond acceptors (Lipinski definition) is 3. The first-order valence-electron chi connectivity index (χ1n) is 5.11. The van der Waals surface area contributed by atoms with Crippen molar-refractivity contribution >= 4 is 33.4 Å². The van der Waals surface area contributed by atoms with Gasteiger partial charge in [0.15, 0.2) is 0 Å². The Morgan fingerprint density at radius 2 is 2.11 bits per heavy atom. The van der Waals surface area contributed by atoms with Crippen molar-refractivity contribution < 1.29 is 19.1 Å². The number of halogens is 2. The van der Waals surface area contributed by atoms with Gasteiger partial charge < -0.3 is 15.7 Å². The fourth-order valence-corrected chi connectivity index (χ4v) is 1.48. The molecule has 1 rings (SSSR count). The summed E-state index contributed by atoms with van der Waals surface area (Å²) in [5, 5.41) is 13.3. The second-order valence-electron chi connectivity index (χ2n) is 3.64. The van der Waals surface area contributed by atoms with E-state index in [1.54, 1.807) is 6.92 Å². The number of carbonyl (C=O) groups is 2. The number of aliphatic hydroxyl groups is 1. The summed E-state index contributed by atoms with van der Waals surface area (Å²) in [5.41, 5.74) is 0.292. The van der Waals surface area contributed by atoms with Crippen molar-refractivity contribution in [1.82, 2.24) is 5.32 Å². The summed E-state index contributed by atoms with van der Waals surface area (Å²) in [6, 6.07) is 3.33. The molecule has 0 aliphatic rings. The summed E-state index contributed by atoms with van der Waals surface area (Å²) in [7, 11) is 0. The van der Waals surface area contributed by atoms with Gasteiger partial charge in [-0.1, -0.05) is 0 Å². The minimum Gasteiger partial charge on any atom is -0.394 e. The third-order valence-corrected chi connectivity index (χ3v) is 2.64. The molecule has 0 saturated heterocycles. The van der Waals surface area contributed by atoms with Gasteiger partial charge in [0, 0.05) is 11.7 Å². The van der Waals surface area contributed by atoms with Crippen LogP contribution in [0, 0.1) is 5.82 Å². The monoisotopic (exact) mass is 318 g/mol. The van der Waals surface area contributed by atoms with E-state index in [9.17, 15) is 14.0 Å². The fraction of sp³-hybridized carbons (Fsp3) is 0.273. The molecule has 0 fully saturated rings. The predicted octanol–water partition coefficient (Wildman–Crippen LogP) is 1.02. The molecule has 0 bridgehead atoms. The van der Waals surface area contributed by atoms with Crippen molar-refractivity contribution in [2.24, 2.45) is 0 Å². The topological polar surface area (TPSA) is 78.4 Å². The first-order chi connectivity index (χ1) is 8.43. The first kappa shape index (κ1) is 14.6. The van der Waals surface area contributed by atoms with Gasteiger partial charge in [-0.3, -0.25) is 9.59 Å². The van der Waals surface area contributed by atoms with Crippen LogP contribution in [0.25, 0.3) is 0 Å². The van der Waals surface area contributed by atoms with Gasteiger partial charge in [-0.15, -0.1) is 0 Å². The Hall–Kier alpha value is -1.47. The number of anilines is 1. The molecule has 98 valence electrons. The molecule has 1 unspecified atom stereocenters. The zero-order valence-corrected chi connectivity index (χ0v) is 11.1. The zero-order chi connectivity index (χ0) is 13.7. The van der Waals surface area contributed by atoms with E-state index in [0.29, 0.717) is 5.69 Å². The Bertz CT molecular complexity index is 468. The van der Waals surface area contributed by atoms with Crippen LogP contribution in [0.5, 0.6) is 0 Å². The smallest absolute Gasteiger partial charge is 0.313 e. The van der Waals surface area contributed by atoms with E-state index in [0.717, 1.165) is 6.07 Å². The van der Waals surface area contributed by atoms with Crippen LogP contribution >= 0.6 is 15.9 Å². The van der Waals surface area contributed by atoms with Gasteiger partial charge in [0.25, 0.3) is 0 Å². The molecule has 0 radical (unpaired) electrons. The molecule has 3 N–H and O–H groups in total. The lowest BCUT2D eigenvalue weighted by molar-refractivity contribution is -0.136. The van der Waals surface area contributed by atoms with E-state index >= 15 is 0 Å². The summed E-state index contributed by atoms with van der Waals surface area (Å²) in [6.07, 6.45) is 0. The molecule has 7 heteroatoms. The number of aliphatic hydroxyl groups excluding tert-OH is 1. The highest BCUT2D eigenvalue weighted by Gasteiger charge is 2.16. The van der Waals surface area contributed by atoms with Crippen molar-refractivity contribution in [3.8, 4) is 0 Å². The molecule has 0 spiro atoms. The van der Waals surface area contributed by atoms with Crippen LogP contribution in [0.2, 0.25) is 0 Å². The van der Waals surface area contributed by atoms with Crippen molar-refractivity contribution in [1.29, 1.82) is 0 Å². The largest absolute Gasteiger partial charge is 0.394 e. The maximum atomic E-state index is 12.9. The zero-order valence-electron chi connectivity index (χ0n) is 9.54. The molecule has 0 saturated carbocycles. The van der Waals surface area contributed by atoms with E-state index in [1.165, 1.54) is 12.1 Å². The van der Waals surface area contributed by atoms with E-state index in [1.807, 2.05) is 0 Å². The van der Waals surface area contributed by atoms with Crippen molar-refractivity contribution in [2.45, 2.75) is 13.0 Å². The summed E-state index contributed by atoms with van der Waals surface area (Å²) in [6.45, 7) is 1.29. The van der Waals surface area contributed by atoms with Crippen LogP contribution in [0.4, 0.5) is 10.1 Å². The maximum absolute atomic E-state index is 12.9. The lowest BCUT2D eigenvalue weighted by atomic mass is 10.3. The Morgan fingerprint density at radius 3 is 2.67 bits per heavy atom. The van der Waals surface area contributed by atoms with Crippen LogP contribution in [0.3, 0.4) is 0 Å². The Balaban J connectivity index is 2.64. The quantitative estimate of drug-likeness (QED) is 0.728. The van der Waals surface area contributed by atoms with Crippen LogP contribution in [-0.2, 0) is 9.59 Å². The molecule has 0 aliphatic carbocycles. The number of benzene rings is 1. The van der Waals surface area contributed by atoms with Gasteiger partial charge >= 0.3 is 11.8 Å². The average Bonchev–Trinajstić information content (AvgIpc) is 2.33. The summed E-state index contributed by atoms with van der Waals surface area (Å²) in [4.78, 5) is 22.8. The highest BCUT2D eigenvalue weighted by atomic mass is 79.9. The van der Waals surface area contributed by atoms with Crippen LogP contribution in [-0.4, -0.2) is 29.6 Å². The SMILES string of the molecule is CC(CO)NC(=O)C(=O)Nc1ccc(F)c(Br)c1. The van der Waals surface area contributed by atoms with E-state index in [4.69, 9.17) is 5.11 Å². The predicted molar refractivity (Wildman–Crippen MR) is 67.4 cm³/mol. The van der Waals surface area contributed by atoms with Crippen LogP contribution < -0.4 is 10.6 Å². The molecule has 5 nitrogen and oxygen atoms in total. The fourth-order valence-electron chi connectivity index (χ4n) is 1.10. The Kier molecular flexibility index (Phi) is 5.24. The van der Waals surface area contributed by atoms with E-state index < -0.39 is 23.7 Å². The lowest BCUT2D eigenvalue weighted by Gasteiger charge is -2.10. The normalized spacial score (nSPS) is 11.8. The number of carbonyl (C=O) groups excluding carboxylic acids is 2. The number of rotatable bonds is 3. The summed E-state index contributed by atoms with van der Waals surface area (Å²) < 4.78 is 13.1. The van der Waals surface area contributed by atoms with Crippen LogP contribution in [0.1, 0.15) is 6.92 Å². The average molecular weight is 319 g/mol. The second-order valence-corrected chi connectivity index (χ2v) is 4.49. The van der Waals surface area contributed by atoms with Gasteiger partial charge in [-0.05, 0) is 41.1 Å². The van der Waals surface area contributed by atoms with Gasteiger partial charge in [0.05, 0.1) is 11.1 Å². The summed E-state index contributed by atoms with van der Waals surface area (Å²) >= 11 is 2.96. The molecule has 0 aromatic heterocycles.